The molecule has 0 spiro atoms. The van der Waals surface area contributed by atoms with Crippen LogP contribution in [0.5, 0.6) is 11.5 Å². The molecule has 1 N–H and O–H groups in total. The second kappa shape index (κ2) is 7.41. The number of benzene rings is 1. The van der Waals surface area contributed by atoms with Gasteiger partial charge in [0.15, 0.2) is 11.5 Å². The highest BCUT2D eigenvalue weighted by atomic mass is 35.5. The van der Waals surface area contributed by atoms with Gasteiger partial charge in [0, 0.05) is 13.1 Å². The van der Waals surface area contributed by atoms with Crippen molar-refractivity contribution in [3.8, 4) is 11.5 Å². The van der Waals surface area contributed by atoms with Gasteiger partial charge in [0.05, 0.1) is 5.54 Å². The number of nitrogens with one attached hydrogen (secondary N) is 1. The first-order chi connectivity index (χ1) is 10.7. The fourth-order valence-electron chi connectivity index (χ4n) is 3.33. The van der Waals surface area contributed by atoms with Crippen LogP contribution in [0.1, 0.15) is 38.7 Å². The molecule has 1 aromatic carbocycles. The van der Waals surface area contributed by atoms with E-state index >= 15 is 0 Å². The van der Waals surface area contributed by atoms with Crippen LogP contribution in [-0.2, 0) is 11.3 Å². The number of carbonyl (C=O) groups excluding carboxylic acids is 1. The van der Waals surface area contributed by atoms with Gasteiger partial charge >= 0.3 is 0 Å². The molecule has 2 aliphatic rings. The van der Waals surface area contributed by atoms with Crippen molar-refractivity contribution in [3.05, 3.63) is 23.8 Å². The Balaban J connectivity index is 0.00000192. The van der Waals surface area contributed by atoms with E-state index < -0.39 is 0 Å². The van der Waals surface area contributed by atoms with E-state index in [1.807, 2.05) is 30.0 Å². The Morgan fingerprint density at radius 3 is 2.74 bits per heavy atom. The van der Waals surface area contributed by atoms with Gasteiger partial charge in [-0.2, -0.15) is 0 Å². The first kappa shape index (κ1) is 17.9. The normalized spacial score (nSPS) is 21.8. The molecule has 0 aromatic heterocycles. The number of nitrogens with zero attached hydrogens (tertiary/aromatic N) is 1. The number of hydrogen-bond donors (Lipinski definition) is 1. The van der Waals surface area contributed by atoms with Gasteiger partial charge in [-0.1, -0.05) is 13.0 Å². The monoisotopic (exact) mass is 340 g/mol. The molecule has 2 aliphatic heterocycles. The minimum absolute atomic E-state index is 0. The summed E-state index contributed by atoms with van der Waals surface area (Å²) in [6.07, 6.45) is 2.84. The van der Waals surface area contributed by atoms with Crippen molar-refractivity contribution >= 4 is 18.3 Å². The summed E-state index contributed by atoms with van der Waals surface area (Å²) in [5.74, 6) is 1.76. The van der Waals surface area contributed by atoms with E-state index in [9.17, 15) is 4.79 Å². The Morgan fingerprint density at radius 2 is 2.09 bits per heavy atom. The largest absolute Gasteiger partial charge is 0.454 e. The van der Waals surface area contributed by atoms with Gasteiger partial charge in [-0.25, -0.2) is 0 Å². The van der Waals surface area contributed by atoms with Crippen molar-refractivity contribution in [1.82, 2.24) is 10.2 Å². The Labute approximate surface area is 143 Å². The molecule has 1 aromatic rings. The zero-order valence-corrected chi connectivity index (χ0v) is 14.6. The van der Waals surface area contributed by atoms with Crippen molar-refractivity contribution in [2.24, 2.45) is 0 Å². The quantitative estimate of drug-likeness (QED) is 0.895. The summed E-state index contributed by atoms with van der Waals surface area (Å²) in [7, 11) is 0. The number of halogens is 1. The lowest BCUT2D eigenvalue weighted by atomic mass is 9.92. The Morgan fingerprint density at radius 1 is 1.30 bits per heavy atom. The summed E-state index contributed by atoms with van der Waals surface area (Å²) in [5.41, 5.74) is 0.704. The van der Waals surface area contributed by atoms with Crippen molar-refractivity contribution < 1.29 is 14.3 Å². The molecule has 0 bridgehead atoms. The summed E-state index contributed by atoms with van der Waals surface area (Å²) in [6.45, 7) is 6.64. The lowest BCUT2D eigenvalue weighted by molar-refractivity contribution is -0.138. The summed E-state index contributed by atoms with van der Waals surface area (Å²) in [4.78, 5) is 14.9. The molecule has 1 amide bonds. The van der Waals surface area contributed by atoms with Crippen LogP contribution in [0.15, 0.2) is 18.2 Å². The van der Waals surface area contributed by atoms with Crippen LogP contribution in [0.2, 0.25) is 0 Å². The molecule has 0 radical (unpaired) electrons. The molecule has 2 heterocycles. The number of ether oxygens (including phenoxy) is 2. The van der Waals surface area contributed by atoms with E-state index in [4.69, 9.17) is 9.47 Å². The van der Waals surface area contributed by atoms with Gasteiger partial charge in [0.1, 0.15) is 0 Å². The van der Waals surface area contributed by atoms with E-state index in [1.54, 1.807) is 0 Å². The minimum Gasteiger partial charge on any atom is -0.454 e. The zero-order chi connectivity index (χ0) is 15.6. The molecular weight excluding hydrogens is 316 g/mol. The zero-order valence-electron chi connectivity index (χ0n) is 13.8. The summed E-state index contributed by atoms with van der Waals surface area (Å²) < 4.78 is 10.8. The molecule has 0 saturated carbocycles. The van der Waals surface area contributed by atoms with Crippen molar-refractivity contribution in [2.45, 2.75) is 45.2 Å². The third-order valence-corrected chi connectivity index (χ3v) is 4.74. The summed E-state index contributed by atoms with van der Waals surface area (Å²) in [6, 6.07) is 5.89. The lowest BCUT2D eigenvalue weighted by Crippen LogP contribution is -2.54. The average Bonchev–Trinajstić information content (AvgIpc) is 3.20. The van der Waals surface area contributed by atoms with Crippen LogP contribution in [-0.4, -0.2) is 36.2 Å². The van der Waals surface area contributed by atoms with Gasteiger partial charge in [-0.3, -0.25) is 4.79 Å². The molecule has 3 rings (SSSR count). The highest BCUT2D eigenvalue weighted by molar-refractivity contribution is 5.86. The minimum atomic E-state index is -0.369. The second-order valence-corrected chi connectivity index (χ2v) is 5.97. The lowest BCUT2D eigenvalue weighted by Gasteiger charge is -2.33. The van der Waals surface area contributed by atoms with Crippen LogP contribution in [0.4, 0.5) is 0 Å². The van der Waals surface area contributed by atoms with E-state index in [-0.39, 0.29) is 30.6 Å². The third kappa shape index (κ3) is 3.40. The molecule has 1 fully saturated rings. The highest BCUT2D eigenvalue weighted by Gasteiger charge is 2.41. The molecule has 1 atom stereocenters. The number of hydrogen-bond acceptors (Lipinski definition) is 4. The molecule has 1 unspecified atom stereocenters. The van der Waals surface area contributed by atoms with E-state index in [1.165, 1.54) is 0 Å². The number of rotatable bonds is 5. The van der Waals surface area contributed by atoms with Crippen LogP contribution >= 0.6 is 12.4 Å². The Hall–Kier alpha value is -1.46. The predicted octanol–water partition coefficient (Wildman–Crippen LogP) is 2.72. The number of likely N-dealkylation sites (N-methyl/N-ethyl adjacent to an activating group) is 1. The standard InChI is InChI=1S/C17H24N2O3.ClH/c1-3-17(8-5-9-18-17)16(20)19(4-2)11-13-6-7-14-15(10-13)22-12-21-14;/h6-7,10,18H,3-5,8-9,11-12H2,1-2H3;1H. The maximum absolute atomic E-state index is 13.0. The first-order valence-electron chi connectivity index (χ1n) is 8.11. The number of carbonyl (C=O) groups is 1. The molecule has 5 nitrogen and oxygen atoms in total. The molecule has 6 heteroatoms. The predicted molar refractivity (Wildman–Crippen MR) is 91.2 cm³/mol. The second-order valence-electron chi connectivity index (χ2n) is 5.97. The van der Waals surface area contributed by atoms with Gasteiger partial charge < -0.3 is 19.7 Å². The number of fused-ring (bicyclic) bond motifs is 1. The van der Waals surface area contributed by atoms with Gasteiger partial charge in [0.25, 0.3) is 0 Å². The third-order valence-electron chi connectivity index (χ3n) is 4.74. The van der Waals surface area contributed by atoms with Crippen molar-refractivity contribution in [3.63, 3.8) is 0 Å². The van der Waals surface area contributed by atoms with Gasteiger partial charge in [-0.15, -0.1) is 12.4 Å². The Kier molecular flexibility index (Phi) is 5.76. The fraction of sp³-hybridized carbons (Fsp3) is 0.588. The highest BCUT2D eigenvalue weighted by Crippen LogP contribution is 2.33. The smallest absolute Gasteiger partial charge is 0.243 e. The van der Waals surface area contributed by atoms with E-state index in [0.29, 0.717) is 13.1 Å². The summed E-state index contributed by atoms with van der Waals surface area (Å²) in [5, 5.41) is 3.43. The topological polar surface area (TPSA) is 50.8 Å². The molecule has 23 heavy (non-hydrogen) atoms. The molecule has 128 valence electrons. The van der Waals surface area contributed by atoms with Crippen LogP contribution < -0.4 is 14.8 Å². The van der Waals surface area contributed by atoms with E-state index in [2.05, 4.69) is 12.2 Å². The summed E-state index contributed by atoms with van der Waals surface area (Å²) >= 11 is 0. The van der Waals surface area contributed by atoms with Gasteiger partial charge in [-0.05, 0) is 50.4 Å². The number of amides is 1. The van der Waals surface area contributed by atoms with Crippen molar-refractivity contribution in [1.29, 1.82) is 0 Å². The fourth-order valence-corrected chi connectivity index (χ4v) is 3.33. The van der Waals surface area contributed by atoms with Crippen LogP contribution in [0.25, 0.3) is 0 Å². The van der Waals surface area contributed by atoms with Gasteiger partial charge in [0.2, 0.25) is 12.7 Å². The first-order valence-corrected chi connectivity index (χ1v) is 8.11. The van der Waals surface area contributed by atoms with Crippen molar-refractivity contribution in [2.75, 3.05) is 19.9 Å². The molecular formula is C17H25ClN2O3. The maximum Gasteiger partial charge on any atom is 0.243 e. The molecule has 0 aliphatic carbocycles. The Bertz CT molecular complexity index is 559. The van der Waals surface area contributed by atoms with E-state index in [0.717, 1.165) is 42.9 Å². The maximum atomic E-state index is 13.0. The van der Waals surface area contributed by atoms with Crippen LogP contribution in [0.3, 0.4) is 0 Å². The molecule has 1 saturated heterocycles. The van der Waals surface area contributed by atoms with Crippen LogP contribution in [0, 0.1) is 0 Å². The average molecular weight is 341 g/mol. The SMILES string of the molecule is CCN(Cc1ccc2c(c1)OCO2)C(=O)C1(CC)CCCN1.Cl.